The van der Waals surface area contributed by atoms with E-state index in [1.54, 1.807) is 0 Å². The second-order valence-corrected chi connectivity index (χ2v) is 6.14. The van der Waals surface area contributed by atoms with E-state index in [0.29, 0.717) is 0 Å². The molecule has 0 spiro atoms. The third-order valence-electron chi connectivity index (χ3n) is 4.00. The fourth-order valence-electron chi connectivity index (χ4n) is 2.92. The van der Waals surface area contributed by atoms with Crippen LogP contribution in [0.5, 0.6) is 0 Å². The number of carboxylic acid groups (broad SMARTS) is 2. The van der Waals surface area contributed by atoms with Crippen molar-refractivity contribution >= 4 is 12.2 Å². The van der Waals surface area contributed by atoms with Crippen LogP contribution in [0.4, 0.5) is 9.59 Å². The molecule has 4 aliphatic rings. The Balaban J connectivity index is 0.000000206. The molecule has 0 aromatic carbocycles. The van der Waals surface area contributed by atoms with Crippen molar-refractivity contribution in [3.05, 3.63) is 0 Å². The van der Waals surface area contributed by atoms with Gasteiger partial charge in [-0.2, -0.15) is 0 Å². The zero-order valence-corrected chi connectivity index (χ0v) is 14.7. The summed E-state index contributed by atoms with van der Waals surface area (Å²) >= 11 is 0. The van der Waals surface area contributed by atoms with Crippen molar-refractivity contribution in [2.24, 2.45) is 11.5 Å². The lowest BCUT2D eigenvalue weighted by molar-refractivity contribution is 0.00201. The number of nitrogens with two attached hydrogens (primary N) is 2. The first kappa shape index (κ1) is 24.3. The minimum Gasteiger partial charge on any atom is -0.465 e. The van der Waals surface area contributed by atoms with E-state index < -0.39 is 36.6 Å². The minimum absolute atomic E-state index is 0.284. The highest BCUT2D eigenvalue weighted by molar-refractivity contribution is 5.61. The Bertz CT molecular complexity index is 425. The molecule has 4 heterocycles. The van der Waals surface area contributed by atoms with E-state index in [2.05, 4.69) is 11.5 Å². The minimum atomic E-state index is -1.33. The van der Waals surface area contributed by atoms with E-state index in [1.807, 2.05) is 0 Å². The van der Waals surface area contributed by atoms with Crippen LogP contribution >= 0.6 is 0 Å². The van der Waals surface area contributed by atoms with Crippen LogP contribution in [0.1, 0.15) is 0 Å². The molecule has 0 aromatic rings. The standard InChI is InChI=1S/2C6H10O4.2CH3NO2/c2*7-3-1-9-6-4(8)2-10-5(3)6;2*2-1(3)4/h2*3-8H,1-2H2;2*2H2,(H,3,4)/t3-,4+,5-,6-;3-,4-,5-,6-;;/m11../s1. The quantitative estimate of drug-likeness (QED) is 0.190. The summed E-state index contributed by atoms with van der Waals surface area (Å²) in [6, 6.07) is 0. The molecule has 2 amide bonds. The Morgan fingerprint density at radius 2 is 0.714 bits per heavy atom. The van der Waals surface area contributed by atoms with Gasteiger partial charge in [0, 0.05) is 0 Å². The van der Waals surface area contributed by atoms with Gasteiger partial charge in [-0.15, -0.1) is 0 Å². The molecular weight excluding hydrogens is 388 g/mol. The molecular formula is C14H26N2O12. The highest BCUT2D eigenvalue weighted by Gasteiger charge is 2.47. The number of hydrogen-bond acceptors (Lipinski definition) is 10. The largest absolute Gasteiger partial charge is 0.465 e. The Hall–Kier alpha value is -1.78. The molecule has 28 heavy (non-hydrogen) atoms. The van der Waals surface area contributed by atoms with Gasteiger partial charge in [0.15, 0.2) is 0 Å². The van der Waals surface area contributed by atoms with Crippen LogP contribution in [0.2, 0.25) is 0 Å². The van der Waals surface area contributed by atoms with Crippen molar-refractivity contribution in [3.8, 4) is 0 Å². The first-order valence-corrected chi connectivity index (χ1v) is 8.20. The van der Waals surface area contributed by atoms with Crippen LogP contribution in [0.3, 0.4) is 0 Å². The molecule has 14 nitrogen and oxygen atoms in total. The molecule has 4 aliphatic heterocycles. The first-order valence-electron chi connectivity index (χ1n) is 8.20. The average molecular weight is 414 g/mol. The fourth-order valence-corrected chi connectivity index (χ4v) is 2.92. The maximum atomic E-state index is 9.16. The predicted molar refractivity (Wildman–Crippen MR) is 87.4 cm³/mol. The molecule has 0 unspecified atom stereocenters. The molecule has 14 heteroatoms. The van der Waals surface area contributed by atoms with Gasteiger partial charge in [0.2, 0.25) is 0 Å². The van der Waals surface area contributed by atoms with Gasteiger partial charge in [0.1, 0.15) is 48.8 Å². The van der Waals surface area contributed by atoms with Crippen LogP contribution in [0.15, 0.2) is 0 Å². The number of primary amides is 2. The van der Waals surface area contributed by atoms with Gasteiger partial charge in [-0.05, 0) is 0 Å². The topological polar surface area (TPSA) is 244 Å². The van der Waals surface area contributed by atoms with Crippen molar-refractivity contribution in [3.63, 3.8) is 0 Å². The maximum absolute atomic E-state index is 9.16. The highest BCUT2D eigenvalue weighted by Crippen LogP contribution is 2.27. The number of aliphatic hydroxyl groups excluding tert-OH is 4. The molecule has 0 saturated carbocycles. The zero-order valence-electron chi connectivity index (χ0n) is 14.7. The predicted octanol–water partition coefficient (Wildman–Crippen LogP) is -3.74. The van der Waals surface area contributed by atoms with Gasteiger partial charge >= 0.3 is 12.2 Å². The maximum Gasteiger partial charge on any atom is 0.402 e. The third kappa shape index (κ3) is 7.33. The number of amides is 2. The van der Waals surface area contributed by atoms with Crippen molar-refractivity contribution in [1.29, 1.82) is 0 Å². The van der Waals surface area contributed by atoms with Crippen LogP contribution < -0.4 is 11.5 Å². The monoisotopic (exact) mass is 414 g/mol. The Morgan fingerprint density at radius 1 is 0.571 bits per heavy atom. The van der Waals surface area contributed by atoms with Gasteiger partial charge < -0.3 is 61.1 Å². The van der Waals surface area contributed by atoms with Crippen LogP contribution in [0.25, 0.3) is 0 Å². The summed E-state index contributed by atoms with van der Waals surface area (Å²) in [5.74, 6) is 0. The third-order valence-corrected chi connectivity index (χ3v) is 4.00. The van der Waals surface area contributed by atoms with Crippen LogP contribution in [-0.2, 0) is 18.9 Å². The number of ether oxygens (including phenoxy) is 4. The molecule has 0 aromatic heterocycles. The van der Waals surface area contributed by atoms with Crippen molar-refractivity contribution in [1.82, 2.24) is 0 Å². The number of fused-ring (bicyclic) bond motifs is 2. The van der Waals surface area contributed by atoms with E-state index in [-0.39, 0.29) is 50.8 Å². The van der Waals surface area contributed by atoms with Gasteiger partial charge in [0.25, 0.3) is 0 Å². The molecule has 4 fully saturated rings. The smallest absolute Gasteiger partial charge is 0.402 e. The molecule has 10 N–H and O–H groups in total. The average Bonchev–Trinajstić information content (AvgIpc) is 3.30. The lowest BCUT2D eigenvalue weighted by Crippen LogP contribution is -2.30. The lowest BCUT2D eigenvalue weighted by atomic mass is 10.1. The number of rotatable bonds is 0. The zero-order chi connectivity index (χ0) is 21.4. The second kappa shape index (κ2) is 11.3. The summed E-state index contributed by atoms with van der Waals surface area (Å²) in [7, 11) is 0. The highest BCUT2D eigenvalue weighted by atomic mass is 16.6. The van der Waals surface area contributed by atoms with Gasteiger partial charge in [-0.1, -0.05) is 0 Å². The summed E-state index contributed by atoms with van der Waals surface area (Å²) < 4.78 is 20.3. The molecule has 8 atom stereocenters. The summed E-state index contributed by atoms with van der Waals surface area (Å²) in [6.07, 6.45) is -6.07. The normalized spacial score (nSPS) is 39.9. The summed E-state index contributed by atoms with van der Waals surface area (Å²) in [5, 5.41) is 51.0. The van der Waals surface area contributed by atoms with Gasteiger partial charge in [0.05, 0.1) is 26.4 Å². The molecule has 164 valence electrons. The number of aliphatic hydroxyl groups is 4. The van der Waals surface area contributed by atoms with E-state index in [4.69, 9.17) is 59.2 Å². The molecule has 4 saturated heterocycles. The Labute approximate surface area is 159 Å². The molecule has 4 rings (SSSR count). The summed E-state index contributed by atoms with van der Waals surface area (Å²) in [6.45, 7) is 1.14. The van der Waals surface area contributed by atoms with E-state index in [0.717, 1.165) is 0 Å². The first-order chi connectivity index (χ1) is 13.0. The van der Waals surface area contributed by atoms with E-state index in [1.165, 1.54) is 0 Å². The second-order valence-electron chi connectivity index (χ2n) is 6.14. The number of hydrogen-bond donors (Lipinski definition) is 8. The molecule has 0 bridgehead atoms. The van der Waals surface area contributed by atoms with Crippen LogP contribution in [0, 0.1) is 0 Å². The van der Waals surface area contributed by atoms with Crippen molar-refractivity contribution < 1.29 is 59.2 Å². The Kier molecular flexibility index (Phi) is 9.77. The summed E-state index contributed by atoms with van der Waals surface area (Å²) in [4.78, 5) is 17.6. The van der Waals surface area contributed by atoms with Gasteiger partial charge in [-0.25, -0.2) is 9.59 Å². The van der Waals surface area contributed by atoms with Gasteiger partial charge in [-0.3, -0.25) is 0 Å². The molecule has 0 aliphatic carbocycles. The van der Waals surface area contributed by atoms with Crippen molar-refractivity contribution in [2.75, 3.05) is 26.4 Å². The van der Waals surface area contributed by atoms with E-state index in [9.17, 15) is 0 Å². The van der Waals surface area contributed by atoms with Crippen LogP contribution in [-0.4, -0.2) is 118 Å². The molecule has 0 radical (unpaired) electrons. The SMILES string of the molecule is NC(=O)O.NC(=O)O.O[C@@H]1CO[C@H]2[C@@H]1OC[C@@H]2O.O[C@@H]1CO[C@H]2[C@@H]1OC[C@H]2O. The summed E-state index contributed by atoms with van der Waals surface area (Å²) in [5.41, 5.74) is 8.06. The fraction of sp³-hybridized carbons (Fsp3) is 0.857. The van der Waals surface area contributed by atoms with Crippen molar-refractivity contribution in [2.45, 2.75) is 48.8 Å². The van der Waals surface area contributed by atoms with E-state index >= 15 is 0 Å². The number of carbonyl (C=O) groups is 2. The lowest BCUT2D eigenvalue weighted by Gasteiger charge is -2.09. The Morgan fingerprint density at radius 3 is 0.857 bits per heavy atom.